The Labute approximate surface area is 98.3 Å². The zero-order chi connectivity index (χ0) is 12.3. The molecule has 1 heterocycles. The normalized spacial score (nSPS) is 10.2. The molecule has 5 heteroatoms. The van der Waals surface area contributed by atoms with E-state index in [-0.39, 0.29) is 18.0 Å². The molecule has 1 aromatic heterocycles. The van der Waals surface area contributed by atoms with Crippen LogP contribution in [0, 0.1) is 6.92 Å². The number of aryl methyl sites for hydroxylation is 1. The molecule has 0 saturated heterocycles. The summed E-state index contributed by atoms with van der Waals surface area (Å²) >= 11 is 1.30. The molecule has 0 N–H and O–H groups in total. The predicted molar refractivity (Wildman–Crippen MR) is 61.2 cm³/mol. The molecule has 88 valence electrons. The van der Waals surface area contributed by atoms with Gasteiger partial charge in [-0.1, -0.05) is 11.8 Å². The third kappa shape index (κ3) is 2.29. The largest absolute Gasteiger partial charge is 0.462 e. The zero-order valence-electron chi connectivity index (χ0n) is 9.75. The quantitative estimate of drug-likeness (QED) is 0.461. The first-order valence-corrected chi connectivity index (χ1v) is 6.10. The van der Waals surface area contributed by atoms with Crippen molar-refractivity contribution in [2.75, 3.05) is 12.9 Å². The van der Waals surface area contributed by atoms with E-state index < -0.39 is 5.97 Å². The Balaban J connectivity index is 3.30. The number of thioether (sulfide) groups is 1. The van der Waals surface area contributed by atoms with E-state index >= 15 is 0 Å². The summed E-state index contributed by atoms with van der Waals surface area (Å²) in [4.78, 5) is 23.2. The average molecular weight is 242 g/mol. The van der Waals surface area contributed by atoms with E-state index in [1.54, 1.807) is 20.1 Å². The number of carbonyl (C=O) groups excluding carboxylic acids is 2. The summed E-state index contributed by atoms with van der Waals surface area (Å²) in [5, 5.41) is 0.466. The SMILES string of the molecule is CCOC(=O)c1c(C)oc(SC)c1C(C)=O. The lowest BCUT2D eigenvalue weighted by molar-refractivity contribution is 0.0521. The maximum absolute atomic E-state index is 11.7. The molecule has 0 fully saturated rings. The predicted octanol–water partition coefficient (Wildman–Crippen LogP) is 2.69. The van der Waals surface area contributed by atoms with Crippen LogP contribution in [0.1, 0.15) is 40.3 Å². The van der Waals surface area contributed by atoms with Crippen LogP contribution in [0.15, 0.2) is 9.51 Å². The number of furan rings is 1. The van der Waals surface area contributed by atoms with E-state index in [4.69, 9.17) is 9.15 Å². The summed E-state index contributed by atoms with van der Waals surface area (Å²) < 4.78 is 10.3. The average Bonchev–Trinajstić information content (AvgIpc) is 2.55. The highest BCUT2D eigenvalue weighted by Gasteiger charge is 2.26. The molecule has 0 aliphatic rings. The number of hydrogen-bond acceptors (Lipinski definition) is 5. The first kappa shape index (κ1) is 12.8. The molecule has 1 rings (SSSR count). The van der Waals surface area contributed by atoms with Crippen LogP contribution < -0.4 is 0 Å². The van der Waals surface area contributed by atoms with Crippen LogP contribution in [0.2, 0.25) is 0 Å². The number of hydrogen-bond donors (Lipinski definition) is 0. The lowest BCUT2D eigenvalue weighted by Crippen LogP contribution is -2.10. The Morgan fingerprint density at radius 2 is 2.00 bits per heavy atom. The Bertz CT molecular complexity index is 420. The summed E-state index contributed by atoms with van der Waals surface area (Å²) in [6, 6.07) is 0. The van der Waals surface area contributed by atoms with Gasteiger partial charge in [0, 0.05) is 0 Å². The van der Waals surface area contributed by atoms with Gasteiger partial charge in [-0.2, -0.15) is 0 Å². The topological polar surface area (TPSA) is 56.5 Å². The van der Waals surface area contributed by atoms with Crippen molar-refractivity contribution in [3.63, 3.8) is 0 Å². The second-order valence-electron chi connectivity index (χ2n) is 3.18. The number of carbonyl (C=O) groups is 2. The van der Waals surface area contributed by atoms with Gasteiger partial charge in [-0.15, -0.1) is 0 Å². The van der Waals surface area contributed by atoms with E-state index in [0.717, 1.165) is 0 Å². The van der Waals surface area contributed by atoms with Gasteiger partial charge < -0.3 is 9.15 Å². The van der Waals surface area contributed by atoms with Crippen LogP contribution in [-0.2, 0) is 4.74 Å². The highest BCUT2D eigenvalue weighted by Crippen LogP contribution is 2.30. The molecule has 0 bridgehead atoms. The molecule has 0 aliphatic carbocycles. The van der Waals surface area contributed by atoms with Crippen LogP contribution >= 0.6 is 11.8 Å². The van der Waals surface area contributed by atoms with Crippen molar-refractivity contribution in [2.24, 2.45) is 0 Å². The molecular weight excluding hydrogens is 228 g/mol. The first-order valence-electron chi connectivity index (χ1n) is 4.88. The fraction of sp³-hybridized carbons (Fsp3) is 0.455. The first-order chi connectivity index (χ1) is 7.52. The molecular formula is C11H14O4S. The van der Waals surface area contributed by atoms with Crippen molar-refractivity contribution in [1.29, 1.82) is 0 Å². The van der Waals surface area contributed by atoms with Crippen LogP contribution in [0.3, 0.4) is 0 Å². The van der Waals surface area contributed by atoms with E-state index in [2.05, 4.69) is 0 Å². The lowest BCUT2D eigenvalue weighted by atomic mass is 10.1. The van der Waals surface area contributed by atoms with E-state index in [9.17, 15) is 9.59 Å². The molecule has 0 atom stereocenters. The minimum atomic E-state index is -0.505. The molecule has 0 spiro atoms. The smallest absolute Gasteiger partial charge is 0.342 e. The number of ketones is 1. The van der Waals surface area contributed by atoms with Crippen molar-refractivity contribution in [1.82, 2.24) is 0 Å². The Kier molecular flexibility index (Phi) is 4.18. The van der Waals surface area contributed by atoms with Gasteiger partial charge in [0.2, 0.25) is 0 Å². The Morgan fingerprint density at radius 3 is 2.44 bits per heavy atom. The van der Waals surface area contributed by atoms with Gasteiger partial charge in [0.1, 0.15) is 11.3 Å². The van der Waals surface area contributed by atoms with Crippen molar-refractivity contribution in [3.8, 4) is 0 Å². The third-order valence-electron chi connectivity index (χ3n) is 2.07. The lowest BCUT2D eigenvalue weighted by Gasteiger charge is -2.01. The van der Waals surface area contributed by atoms with Crippen molar-refractivity contribution >= 4 is 23.5 Å². The highest BCUT2D eigenvalue weighted by atomic mass is 32.2. The van der Waals surface area contributed by atoms with Gasteiger partial charge >= 0.3 is 5.97 Å². The van der Waals surface area contributed by atoms with Crippen molar-refractivity contribution in [2.45, 2.75) is 25.9 Å². The fourth-order valence-corrected chi connectivity index (χ4v) is 2.09. The van der Waals surface area contributed by atoms with E-state index in [1.807, 2.05) is 0 Å². The minimum absolute atomic E-state index is 0.191. The van der Waals surface area contributed by atoms with E-state index in [0.29, 0.717) is 16.4 Å². The second kappa shape index (κ2) is 5.21. The summed E-state index contributed by atoms with van der Waals surface area (Å²) in [6.45, 7) is 5.05. The molecule has 0 amide bonds. The van der Waals surface area contributed by atoms with Crippen LogP contribution in [0.4, 0.5) is 0 Å². The van der Waals surface area contributed by atoms with Crippen LogP contribution in [-0.4, -0.2) is 24.6 Å². The number of rotatable bonds is 4. The molecule has 0 aromatic carbocycles. The van der Waals surface area contributed by atoms with Crippen LogP contribution in [0.25, 0.3) is 0 Å². The molecule has 0 saturated carbocycles. The highest BCUT2D eigenvalue weighted by molar-refractivity contribution is 7.98. The van der Waals surface area contributed by atoms with Crippen molar-refractivity contribution in [3.05, 3.63) is 16.9 Å². The Hall–Kier alpha value is -1.23. The monoisotopic (exact) mass is 242 g/mol. The van der Waals surface area contributed by atoms with Gasteiger partial charge in [0.15, 0.2) is 10.9 Å². The second-order valence-corrected chi connectivity index (χ2v) is 3.96. The van der Waals surface area contributed by atoms with Gasteiger partial charge in [-0.05, 0) is 27.0 Å². The number of ether oxygens (including phenoxy) is 1. The summed E-state index contributed by atoms with van der Waals surface area (Å²) in [6.07, 6.45) is 1.79. The maximum atomic E-state index is 11.7. The van der Waals surface area contributed by atoms with Crippen LogP contribution in [0.5, 0.6) is 0 Å². The maximum Gasteiger partial charge on any atom is 0.342 e. The standard InChI is InChI=1S/C11H14O4S/c1-5-14-10(13)9-7(3)15-11(16-4)8(9)6(2)12/h5H2,1-4H3. The molecule has 4 nitrogen and oxygen atoms in total. The third-order valence-corrected chi connectivity index (χ3v) is 2.73. The molecule has 0 aliphatic heterocycles. The summed E-state index contributed by atoms with van der Waals surface area (Å²) in [7, 11) is 0. The number of Topliss-reactive ketones (excluding diaryl/α,β-unsaturated/α-hetero) is 1. The summed E-state index contributed by atoms with van der Waals surface area (Å²) in [5.74, 6) is -0.272. The van der Waals surface area contributed by atoms with Gasteiger partial charge in [-0.3, -0.25) is 4.79 Å². The van der Waals surface area contributed by atoms with E-state index in [1.165, 1.54) is 18.7 Å². The summed E-state index contributed by atoms with van der Waals surface area (Å²) in [5.41, 5.74) is 0.571. The molecule has 0 unspecified atom stereocenters. The molecule has 16 heavy (non-hydrogen) atoms. The van der Waals surface area contributed by atoms with Gasteiger partial charge in [0.05, 0.1) is 12.2 Å². The van der Waals surface area contributed by atoms with Gasteiger partial charge in [0.25, 0.3) is 0 Å². The Morgan fingerprint density at radius 1 is 1.38 bits per heavy atom. The molecule has 1 aromatic rings. The van der Waals surface area contributed by atoms with Crippen molar-refractivity contribution < 1.29 is 18.7 Å². The fourth-order valence-electron chi connectivity index (χ4n) is 1.43. The zero-order valence-corrected chi connectivity index (χ0v) is 10.6. The minimum Gasteiger partial charge on any atom is -0.462 e. The van der Waals surface area contributed by atoms with Gasteiger partial charge in [-0.25, -0.2) is 4.79 Å². The molecule has 0 radical (unpaired) electrons. The number of esters is 1.